The van der Waals surface area contributed by atoms with Crippen LogP contribution in [-0.4, -0.2) is 24.3 Å². The zero-order valence-corrected chi connectivity index (χ0v) is 9.83. The molecular weight excluding hydrogens is 222 g/mol. The molecule has 0 spiro atoms. The van der Waals surface area contributed by atoms with E-state index >= 15 is 0 Å². The Morgan fingerprint density at radius 1 is 1.38 bits per heavy atom. The van der Waals surface area contributed by atoms with Gasteiger partial charge >= 0.3 is 0 Å². The number of hydrogen-bond acceptors (Lipinski definition) is 3. The van der Waals surface area contributed by atoms with Crippen LogP contribution < -0.4 is 10.5 Å². The Morgan fingerprint density at radius 2 is 2.12 bits per heavy atom. The molecule has 1 saturated heterocycles. The quantitative estimate of drug-likeness (QED) is 0.815. The molecule has 2 N–H and O–H groups in total. The SMILES string of the molecule is NC(=S)c1cccc(OC2CCOCC2)c1. The highest BCUT2D eigenvalue weighted by atomic mass is 32.1. The van der Waals surface area contributed by atoms with Gasteiger partial charge in [0.05, 0.1) is 13.2 Å². The van der Waals surface area contributed by atoms with Gasteiger partial charge in [-0.05, 0) is 12.1 Å². The molecule has 16 heavy (non-hydrogen) atoms. The molecule has 0 aliphatic carbocycles. The summed E-state index contributed by atoms with van der Waals surface area (Å²) in [5.41, 5.74) is 6.42. The minimum absolute atomic E-state index is 0.246. The summed E-state index contributed by atoms with van der Waals surface area (Å²) in [6, 6.07) is 7.61. The van der Waals surface area contributed by atoms with E-state index in [0.29, 0.717) is 4.99 Å². The predicted molar refractivity (Wildman–Crippen MR) is 66.8 cm³/mol. The van der Waals surface area contributed by atoms with Crippen molar-refractivity contribution < 1.29 is 9.47 Å². The van der Waals surface area contributed by atoms with Crippen LogP contribution in [0.3, 0.4) is 0 Å². The highest BCUT2D eigenvalue weighted by Crippen LogP contribution is 2.19. The molecule has 3 nitrogen and oxygen atoms in total. The molecule has 1 fully saturated rings. The van der Waals surface area contributed by atoms with Crippen LogP contribution in [-0.2, 0) is 4.74 Å². The molecule has 0 atom stereocenters. The van der Waals surface area contributed by atoms with Crippen LogP contribution in [0.2, 0.25) is 0 Å². The lowest BCUT2D eigenvalue weighted by Crippen LogP contribution is -2.26. The maximum Gasteiger partial charge on any atom is 0.120 e. The average molecular weight is 237 g/mol. The summed E-state index contributed by atoms with van der Waals surface area (Å²) in [4.78, 5) is 0.400. The Kier molecular flexibility index (Phi) is 3.74. The largest absolute Gasteiger partial charge is 0.490 e. The molecule has 0 unspecified atom stereocenters. The van der Waals surface area contributed by atoms with E-state index in [4.69, 9.17) is 27.4 Å². The van der Waals surface area contributed by atoms with Gasteiger partial charge in [0.2, 0.25) is 0 Å². The Balaban J connectivity index is 2.02. The first-order valence-electron chi connectivity index (χ1n) is 5.40. The molecule has 2 rings (SSSR count). The van der Waals surface area contributed by atoms with E-state index < -0.39 is 0 Å². The molecule has 1 aliphatic rings. The van der Waals surface area contributed by atoms with Gasteiger partial charge in [-0.1, -0.05) is 24.4 Å². The van der Waals surface area contributed by atoms with Crippen molar-refractivity contribution in [2.45, 2.75) is 18.9 Å². The molecular formula is C12H15NO2S. The van der Waals surface area contributed by atoms with Crippen LogP contribution in [0, 0.1) is 0 Å². The molecule has 1 aromatic carbocycles. The number of rotatable bonds is 3. The molecule has 0 radical (unpaired) electrons. The van der Waals surface area contributed by atoms with Crippen LogP contribution >= 0.6 is 12.2 Å². The van der Waals surface area contributed by atoms with Crippen molar-refractivity contribution >= 4 is 17.2 Å². The maximum absolute atomic E-state index is 5.85. The first-order chi connectivity index (χ1) is 7.75. The zero-order valence-electron chi connectivity index (χ0n) is 9.02. The zero-order chi connectivity index (χ0) is 11.4. The Labute approximate surface area is 101 Å². The third-order valence-electron chi connectivity index (χ3n) is 2.59. The van der Waals surface area contributed by atoms with E-state index in [-0.39, 0.29) is 6.10 Å². The summed E-state index contributed by atoms with van der Waals surface area (Å²) in [6.45, 7) is 1.55. The fourth-order valence-electron chi connectivity index (χ4n) is 1.71. The van der Waals surface area contributed by atoms with Crippen molar-refractivity contribution in [3.63, 3.8) is 0 Å². The monoisotopic (exact) mass is 237 g/mol. The predicted octanol–water partition coefficient (Wildman–Crippen LogP) is 1.88. The van der Waals surface area contributed by atoms with Crippen molar-refractivity contribution in [2.75, 3.05) is 13.2 Å². The molecule has 1 heterocycles. The van der Waals surface area contributed by atoms with Crippen molar-refractivity contribution in [1.29, 1.82) is 0 Å². The second-order valence-corrected chi connectivity index (χ2v) is 4.26. The minimum atomic E-state index is 0.246. The summed E-state index contributed by atoms with van der Waals surface area (Å²) >= 11 is 4.93. The molecule has 0 aromatic heterocycles. The lowest BCUT2D eigenvalue weighted by molar-refractivity contribution is 0.0256. The van der Waals surface area contributed by atoms with Crippen molar-refractivity contribution in [1.82, 2.24) is 0 Å². The van der Waals surface area contributed by atoms with E-state index in [9.17, 15) is 0 Å². The first kappa shape index (κ1) is 11.4. The first-order valence-corrected chi connectivity index (χ1v) is 5.81. The topological polar surface area (TPSA) is 44.5 Å². The Bertz CT molecular complexity index is 375. The van der Waals surface area contributed by atoms with E-state index in [1.54, 1.807) is 0 Å². The second kappa shape index (κ2) is 5.27. The third-order valence-corrected chi connectivity index (χ3v) is 2.83. The molecule has 1 aromatic rings. The molecule has 86 valence electrons. The molecule has 0 saturated carbocycles. The molecule has 4 heteroatoms. The van der Waals surface area contributed by atoms with Crippen LogP contribution in [0.5, 0.6) is 5.75 Å². The van der Waals surface area contributed by atoms with Crippen LogP contribution in [0.15, 0.2) is 24.3 Å². The van der Waals surface area contributed by atoms with E-state index in [1.165, 1.54) is 0 Å². The van der Waals surface area contributed by atoms with Crippen LogP contribution in [0.25, 0.3) is 0 Å². The molecule has 1 aliphatic heterocycles. The van der Waals surface area contributed by atoms with Gasteiger partial charge in [-0.25, -0.2) is 0 Å². The maximum atomic E-state index is 5.85. The number of ether oxygens (including phenoxy) is 2. The number of benzene rings is 1. The van der Waals surface area contributed by atoms with E-state index in [1.807, 2.05) is 24.3 Å². The molecule has 0 bridgehead atoms. The lowest BCUT2D eigenvalue weighted by Gasteiger charge is -2.23. The highest BCUT2D eigenvalue weighted by molar-refractivity contribution is 7.80. The third kappa shape index (κ3) is 2.93. The molecule has 0 amide bonds. The fraction of sp³-hybridized carbons (Fsp3) is 0.417. The van der Waals surface area contributed by atoms with Gasteiger partial charge in [-0.2, -0.15) is 0 Å². The minimum Gasteiger partial charge on any atom is -0.490 e. The summed E-state index contributed by atoms with van der Waals surface area (Å²) < 4.78 is 11.1. The number of nitrogens with two attached hydrogens (primary N) is 1. The second-order valence-electron chi connectivity index (χ2n) is 3.82. The van der Waals surface area contributed by atoms with Gasteiger partial charge in [0, 0.05) is 18.4 Å². The smallest absolute Gasteiger partial charge is 0.120 e. The van der Waals surface area contributed by atoms with Crippen molar-refractivity contribution in [2.24, 2.45) is 5.73 Å². The van der Waals surface area contributed by atoms with Crippen LogP contribution in [0.4, 0.5) is 0 Å². The highest BCUT2D eigenvalue weighted by Gasteiger charge is 2.15. The number of hydrogen-bond donors (Lipinski definition) is 1. The van der Waals surface area contributed by atoms with Gasteiger partial charge in [0.25, 0.3) is 0 Å². The summed E-state index contributed by atoms with van der Waals surface area (Å²) in [6.07, 6.45) is 2.13. The van der Waals surface area contributed by atoms with Gasteiger partial charge in [0.1, 0.15) is 16.8 Å². The van der Waals surface area contributed by atoms with Crippen LogP contribution in [0.1, 0.15) is 18.4 Å². The fourth-order valence-corrected chi connectivity index (χ4v) is 1.84. The lowest BCUT2D eigenvalue weighted by atomic mass is 10.1. The summed E-state index contributed by atoms with van der Waals surface area (Å²) in [7, 11) is 0. The van der Waals surface area contributed by atoms with E-state index in [2.05, 4.69) is 0 Å². The standard InChI is InChI=1S/C12H15NO2S/c13-12(16)9-2-1-3-11(8-9)15-10-4-6-14-7-5-10/h1-3,8,10H,4-7H2,(H2,13,16). The van der Waals surface area contributed by atoms with Gasteiger partial charge in [-0.15, -0.1) is 0 Å². The van der Waals surface area contributed by atoms with Gasteiger partial charge < -0.3 is 15.2 Å². The Hall–Kier alpha value is -1.13. The average Bonchev–Trinajstić information content (AvgIpc) is 2.30. The van der Waals surface area contributed by atoms with Crippen molar-refractivity contribution in [3.05, 3.63) is 29.8 Å². The summed E-state index contributed by atoms with van der Waals surface area (Å²) in [5.74, 6) is 0.831. The van der Waals surface area contributed by atoms with Crippen molar-refractivity contribution in [3.8, 4) is 5.75 Å². The van der Waals surface area contributed by atoms with E-state index in [0.717, 1.165) is 37.4 Å². The van der Waals surface area contributed by atoms with Gasteiger partial charge in [0.15, 0.2) is 0 Å². The summed E-state index contributed by atoms with van der Waals surface area (Å²) in [5, 5.41) is 0. The Morgan fingerprint density at radius 3 is 2.81 bits per heavy atom. The van der Waals surface area contributed by atoms with Gasteiger partial charge in [-0.3, -0.25) is 0 Å². The number of thiocarbonyl (C=S) groups is 1. The normalized spacial score (nSPS) is 17.0.